The van der Waals surface area contributed by atoms with Crippen molar-refractivity contribution in [3.05, 3.63) is 24.0 Å². The summed E-state index contributed by atoms with van der Waals surface area (Å²) in [6.45, 7) is 9.06. The lowest BCUT2D eigenvalue weighted by molar-refractivity contribution is -0.160. The third kappa shape index (κ3) is 5.70. The van der Waals surface area contributed by atoms with Gasteiger partial charge in [0, 0.05) is 6.54 Å². The lowest BCUT2D eigenvalue weighted by Crippen LogP contribution is -2.42. The molecular formula is C18H27N3O4. The Bertz CT molecular complexity index is 595. The molecule has 1 atom stereocenters. The Morgan fingerprint density at radius 2 is 2.12 bits per heavy atom. The van der Waals surface area contributed by atoms with Crippen LogP contribution < -0.4 is 5.32 Å². The van der Waals surface area contributed by atoms with Crippen LogP contribution in [0.2, 0.25) is 0 Å². The molecule has 1 aliphatic heterocycles. The van der Waals surface area contributed by atoms with Gasteiger partial charge in [-0.15, -0.1) is 0 Å². The second kappa shape index (κ2) is 8.29. The maximum atomic E-state index is 12.3. The van der Waals surface area contributed by atoms with E-state index < -0.39 is 11.6 Å². The lowest BCUT2D eigenvalue weighted by atomic mass is 10.1. The monoisotopic (exact) mass is 349 g/mol. The molecule has 1 saturated heterocycles. The van der Waals surface area contributed by atoms with E-state index in [4.69, 9.17) is 9.47 Å². The Hall–Kier alpha value is -2.15. The van der Waals surface area contributed by atoms with Crippen LogP contribution in [0.3, 0.4) is 0 Å². The fraction of sp³-hybridized carbons (Fsp3) is 0.611. The molecule has 0 amide bonds. The van der Waals surface area contributed by atoms with Gasteiger partial charge in [0.05, 0.1) is 25.2 Å². The summed E-state index contributed by atoms with van der Waals surface area (Å²) in [6, 6.07) is 3.17. The second-order valence-electron chi connectivity index (χ2n) is 6.99. The molecule has 1 fully saturated rings. The minimum atomic E-state index is -0.481. The summed E-state index contributed by atoms with van der Waals surface area (Å²) in [6.07, 6.45) is 3.35. The standard InChI is InChI=1S/C18H27N3O4/c1-5-24-16(22)14-9-8-13(11-19-14)20-12-21-10-6-7-15(21)17(23)25-18(2,3)4/h8-9,11,15,20H,5-7,10,12H2,1-4H3. The quantitative estimate of drug-likeness (QED) is 0.790. The number of hydrogen-bond donors (Lipinski definition) is 1. The molecule has 1 N–H and O–H groups in total. The molecule has 1 aliphatic rings. The highest BCUT2D eigenvalue weighted by Gasteiger charge is 2.33. The fourth-order valence-corrected chi connectivity index (χ4v) is 2.67. The zero-order valence-corrected chi connectivity index (χ0v) is 15.4. The van der Waals surface area contributed by atoms with Crippen molar-refractivity contribution in [2.45, 2.75) is 52.2 Å². The van der Waals surface area contributed by atoms with Crippen molar-refractivity contribution >= 4 is 17.6 Å². The van der Waals surface area contributed by atoms with Gasteiger partial charge in [0.15, 0.2) is 0 Å². The third-order valence-electron chi connectivity index (χ3n) is 3.78. The number of hydrogen-bond acceptors (Lipinski definition) is 7. The van der Waals surface area contributed by atoms with E-state index in [-0.39, 0.29) is 17.7 Å². The average Bonchev–Trinajstić information content (AvgIpc) is 3.01. The SMILES string of the molecule is CCOC(=O)c1ccc(NCN2CCCC2C(=O)OC(C)(C)C)cn1. The molecule has 25 heavy (non-hydrogen) atoms. The molecule has 0 aromatic carbocycles. The molecule has 138 valence electrons. The predicted molar refractivity (Wildman–Crippen MR) is 94.3 cm³/mol. The van der Waals surface area contributed by atoms with Crippen molar-refractivity contribution < 1.29 is 19.1 Å². The highest BCUT2D eigenvalue weighted by atomic mass is 16.6. The number of nitrogens with one attached hydrogen (secondary N) is 1. The van der Waals surface area contributed by atoms with E-state index in [1.54, 1.807) is 25.3 Å². The Labute approximate surface area is 148 Å². The number of likely N-dealkylation sites (tertiary alicyclic amines) is 1. The summed E-state index contributed by atoms with van der Waals surface area (Å²) in [5.74, 6) is -0.610. The van der Waals surface area contributed by atoms with Gasteiger partial charge in [0.25, 0.3) is 0 Å². The maximum Gasteiger partial charge on any atom is 0.356 e. The smallest absolute Gasteiger partial charge is 0.356 e. The van der Waals surface area contributed by atoms with Crippen LogP contribution in [-0.4, -0.2) is 53.3 Å². The number of aromatic nitrogens is 1. The molecule has 2 rings (SSSR count). The number of anilines is 1. The van der Waals surface area contributed by atoms with Crippen LogP contribution in [0, 0.1) is 0 Å². The first-order chi connectivity index (χ1) is 11.8. The molecule has 1 aromatic heterocycles. The average molecular weight is 349 g/mol. The summed E-state index contributed by atoms with van der Waals surface area (Å²) in [4.78, 5) is 30.1. The zero-order chi connectivity index (χ0) is 18.4. The Morgan fingerprint density at radius 3 is 2.72 bits per heavy atom. The van der Waals surface area contributed by atoms with Gasteiger partial charge in [-0.05, 0) is 52.7 Å². The topological polar surface area (TPSA) is 80.8 Å². The summed E-state index contributed by atoms with van der Waals surface area (Å²) in [5.41, 5.74) is 0.578. The van der Waals surface area contributed by atoms with Crippen LogP contribution in [0.25, 0.3) is 0 Å². The van der Waals surface area contributed by atoms with Crippen LogP contribution in [-0.2, 0) is 14.3 Å². The predicted octanol–water partition coefficient (Wildman–Crippen LogP) is 2.43. The van der Waals surface area contributed by atoms with E-state index in [1.165, 1.54) is 0 Å². The van der Waals surface area contributed by atoms with Gasteiger partial charge in [0.1, 0.15) is 17.3 Å². The van der Waals surface area contributed by atoms with E-state index in [0.717, 1.165) is 25.1 Å². The number of ether oxygens (including phenoxy) is 2. The van der Waals surface area contributed by atoms with Gasteiger partial charge >= 0.3 is 11.9 Å². The molecule has 7 nitrogen and oxygen atoms in total. The van der Waals surface area contributed by atoms with Crippen LogP contribution >= 0.6 is 0 Å². The van der Waals surface area contributed by atoms with Crippen molar-refractivity contribution in [3.63, 3.8) is 0 Å². The number of esters is 2. The van der Waals surface area contributed by atoms with E-state index in [9.17, 15) is 9.59 Å². The Morgan fingerprint density at radius 1 is 1.36 bits per heavy atom. The molecule has 0 spiro atoms. The molecule has 7 heteroatoms. The highest BCUT2D eigenvalue weighted by Crippen LogP contribution is 2.21. The summed E-state index contributed by atoms with van der Waals surface area (Å²) in [7, 11) is 0. The van der Waals surface area contributed by atoms with E-state index in [0.29, 0.717) is 13.3 Å². The number of rotatable bonds is 6. The first-order valence-corrected chi connectivity index (χ1v) is 8.64. The van der Waals surface area contributed by atoms with Gasteiger partial charge in [-0.25, -0.2) is 9.78 Å². The zero-order valence-electron chi connectivity index (χ0n) is 15.4. The number of carbonyl (C=O) groups excluding carboxylic acids is 2. The van der Waals surface area contributed by atoms with E-state index in [2.05, 4.69) is 15.2 Å². The van der Waals surface area contributed by atoms with Gasteiger partial charge < -0.3 is 14.8 Å². The fourth-order valence-electron chi connectivity index (χ4n) is 2.67. The van der Waals surface area contributed by atoms with Gasteiger partial charge in [-0.2, -0.15) is 0 Å². The largest absolute Gasteiger partial charge is 0.461 e. The van der Waals surface area contributed by atoms with Gasteiger partial charge in [0.2, 0.25) is 0 Å². The molecular weight excluding hydrogens is 322 g/mol. The van der Waals surface area contributed by atoms with E-state index in [1.807, 2.05) is 20.8 Å². The Balaban J connectivity index is 1.89. The summed E-state index contributed by atoms with van der Waals surface area (Å²) < 4.78 is 10.4. The first-order valence-electron chi connectivity index (χ1n) is 8.64. The van der Waals surface area contributed by atoms with Crippen LogP contribution in [0.1, 0.15) is 51.0 Å². The van der Waals surface area contributed by atoms with Crippen molar-refractivity contribution in [1.29, 1.82) is 0 Å². The van der Waals surface area contributed by atoms with Crippen molar-refractivity contribution in [3.8, 4) is 0 Å². The summed E-state index contributed by atoms with van der Waals surface area (Å²) >= 11 is 0. The molecule has 2 heterocycles. The van der Waals surface area contributed by atoms with Crippen LogP contribution in [0.5, 0.6) is 0 Å². The van der Waals surface area contributed by atoms with Crippen molar-refractivity contribution in [1.82, 2.24) is 9.88 Å². The molecule has 1 unspecified atom stereocenters. The van der Waals surface area contributed by atoms with Gasteiger partial charge in [-0.3, -0.25) is 9.69 Å². The second-order valence-corrected chi connectivity index (χ2v) is 6.99. The van der Waals surface area contributed by atoms with E-state index >= 15 is 0 Å². The Kier molecular flexibility index (Phi) is 6.36. The minimum absolute atomic E-state index is 0.178. The molecule has 0 bridgehead atoms. The lowest BCUT2D eigenvalue weighted by Gasteiger charge is -2.27. The van der Waals surface area contributed by atoms with Crippen molar-refractivity contribution in [2.24, 2.45) is 0 Å². The number of carbonyl (C=O) groups is 2. The first kappa shape index (κ1) is 19.2. The van der Waals surface area contributed by atoms with Crippen LogP contribution in [0.4, 0.5) is 5.69 Å². The minimum Gasteiger partial charge on any atom is -0.461 e. The molecule has 0 saturated carbocycles. The number of pyridine rings is 1. The highest BCUT2D eigenvalue weighted by molar-refractivity contribution is 5.87. The molecule has 0 aliphatic carbocycles. The maximum absolute atomic E-state index is 12.3. The molecule has 0 radical (unpaired) electrons. The normalized spacial score (nSPS) is 18.0. The molecule has 1 aromatic rings. The third-order valence-corrected chi connectivity index (χ3v) is 3.78. The summed E-state index contributed by atoms with van der Waals surface area (Å²) in [5, 5.41) is 3.24. The van der Waals surface area contributed by atoms with Crippen molar-refractivity contribution in [2.75, 3.05) is 25.1 Å². The van der Waals surface area contributed by atoms with Crippen LogP contribution in [0.15, 0.2) is 18.3 Å². The number of nitrogens with zero attached hydrogens (tertiary/aromatic N) is 2. The van der Waals surface area contributed by atoms with Gasteiger partial charge in [-0.1, -0.05) is 0 Å².